The van der Waals surface area contributed by atoms with Crippen molar-refractivity contribution in [3.8, 4) is 0 Å². The predicted molar refractivity (Wildman–Crippen MR) is 99.4 cm³/mol. The Bertz CT molecular complexity index is 863. The number of nitrogens with one attached hydrogen (secondary N) is 1. The monoisotopic (exact) mass is 386 g/mol. The fourth-order valence-corrected chi connectivity index (χ4v) is 3.08. The zero-order chi connectivity index (χ0) is 20.1. The van der Waals surface area contributed by atoms with E-state index >= 15 is 0 Å². The summed E-state index contributed by atoms with van der Waals surface area (Å²) in [5.41, 5.74) is 1.63. The van der Waals surface area contributed by atoms with Crippen LogP contribution in [0.4, 0.5) is 8.78 Å². The average molecular weight is 386 g/mol. The number of carbonyl (C=O) groups excluding carboxylic acids is 2. The number of nitrogens with zero attached hydrogens (tertiary/aromatic N) is 1. The summed E-state index contributed by atoms with van der Waals surface area (Å²) in [7, 11) is 0. The molecule has 0 aromatic heterocycles. The molecule has 1 saturated heterocycles. The minimum absolute atomic E-state index is 0.167. The van der Waals surface area contributed by atoms with Gasteiger partial charge in [-0.25, -0.2) is 8.78 Å². The third kappa shape index (κ3) is 4.61. The molecule has 1 aliphatic rings. The largest absolute Gasteiger partial charge is 0.377 e. The smallest absolute Gasteiger partial charge is 0.254 e. The standard InChI is InChI=1S/C21H20F2N2O3/c1-2-20(26)24-12-14-3-5-15(6-4-14)21(27)25-7-8-28-13-19(25)16-9-17(22)11-18(23)10-16/h2-6,9-11,19H,1,7-8,12-13H2,(H,24,26). The lowest BCUT2D eigenvalue weighted by atomic mass is 10.0. The van der Waals surface area contributed by atoms with Crippen molar-refractivity contribution in [2.24, 2.45) is 0 Å². The van der Waals surface area contributed by atoms with Gasteiger partial charge in [-0.2, -0.15) is 0 Å². The quantitative estimate of drug-likeness (QED) is 0.804. The normalized spacial score (nSPS) is 16.5. The second-order valence-corrected chi connectivity index (χ2v) is 6.41. The molecule has 1 aliphatic heterocycles. The van der Waals surface area contributed by atoms with Gasteiger partial charge in [-0.3, -0.25) is 9.59 Å². The number of benzene rings is 2. The van der Waals surface area contributed by atoms with E-state index in [1.807, 2.05) is 0 Å². The molecular weight excluding hydrogens is 366 g/mol. The number of ether oxygens (including phenoxy) is 1. The Labute approximate surface area is 161 Å². The molecular formula is C21H20F2N2O3. The molecule has 0 spiro atoms. The van der Waals surface area contributed by atoms with Crippen molar-refractivity contribution in [2.75, 3.05) is 19.8 Å². The number of halogens is 2. The Morgan fingerprint density at radius 3 is 2.50 bits per heavy atom. The van der Waals surface area contributed by atoms with E-state index in [0.29, 0.717) is 30.8 Å². The highest BCUT2D eigenvalue weighted by molar-refractivity contribution is 5.94. The van der Waals surface area contributed by atoms with E-state index in [1.165, 1.54) is 18.2 Å². The number of amides is 2. The SMILES string of the molecule is C=CC(=O)NCc1ccc(C(=O)N2CCOCC2c2cc(F)cc(F)c2)cc1. The summed E-state index contributed by atoms with van der Waals surface area (Å²) in [6.45, 7) is 4.55. The fraction of sp³-hybridized carbons (Fsp3) is 0.238. The lowest BCUT2D eigenvalue weighted by molar-refractivity contribution is -0.116. The van der Waals surface area contributed by atoms with Crippen LogP contribution in [0.25, 0.3) is 0 Å². The van der Waals surface area contributed by atoms with E-state index in [9.17, 15) is 18.4 Å². The van der Waals surface area contributed by atoms with Crippen molar-refractivity contribution in [1.82, 2.24) is 10.2 Å². The fourth-order valence-electron chi connectivity index (χ4n) is 3.08. The third-order valence-electron chi connectivity index (χ3n) is 4.51. The molecule has 0 saturated carbocycles. The highest BCUT2D eigenvalue weighted by Gasteiger charge is 2.30. The summed E-state index contributed by atoms with van der Waals surface area (Å²) in [4.78, 5) is 25.8. The van der Waals surface area contributed by atoms with Crippen LogP contribution in [0.15, 0.2) is 55.1 Å². The Kier molecular flexibility index (Phi) is 6.16. The Balaban J connectivity index is 1.77. The lowest BCUT2D eigenvalue weighted by Crippen LogP contribution is -2.43. The predicted octanol–water partition coefficient (Wildman–Crippen LogP) is 2.98. The van der Waals surface area contributed by atoms with Crippen LogP contribution >= 0.6 is 0 Å². The first kappa shape index (κ1) is 19.7. The van der Waals surface area contributed by atoms with Gasteiger partial charge in [-0.1, -0.05) is 18.7 Å². The third-order valence-corrected chi connectivity index (χ3v) is 4.51. The zero-order valence-corrected chi connectivity index (χ0v) is 15.2. The van der Waals surface area contributed by atoms with E-state index in [-0.39, 0.29) is 18.4 Å². The van der Waals surface area contributed by atoms with Gasteiger partial charge in [-0.15, -0.1) is 0 Å². The Morgan fingerprint density at radius 1 is 1.18 bits per heavy atom. The molecule has 2 amide bonds. The van der Waals surface area contributed by atoms with Crippen molar-refractivity contribution in [3.05, 3.63) is 83.4 Å². The van der Waals surface area contributed by atoms with Crippen LogP contribution in [-0.2, 0) is 16.1 Å². The van der Waals surface area contributed by atoms with Crippen LogP contribution in [0.5, 0.6) is 0 Å². The average Bonchev–Trinajstić information content (AvgIpc) is 2.71. The number of morpholine rings is 1. The van der Waals surface area contributed by atoms with E-state index in [1.54, 1.807) is 29.2 Å². The molecule has 0 aliphatic carbocycles. The molecule has 5 nitrogen and oxygen atoms in total. The van der Waals surface area contributed by atoms with Crippen molar-refractivity contribution in [3.63, 3.8) is 0 Å². The highest BCUT2D eigenvalue weighted by Crippen LogP contribution is 2.27. The summed E-state index contributed by atoms with van der Waals surface area (Å²) in [5, 5.41) is 2.66. The summed E-state index contributed by atoms with van der Waals surface area (Å²) in [6, 6.07) is 9.47. The van der Waals surface area contributed by atoms with E-state index in [0.717, 1.165) is 11.6 Å². The van der Waals surface area contributed by atoms with Crippen molar-refractivity contribution in [2.45, 2.75) is 12.6 Å². The molecule has 146 valence electrons. The number of rotatable bonds is 5. The zero-order valence-electron chi connectivity index (χ0n) is 15.2. The van der Waals surface area contributed by atoms with E-state index in [4.69, 9.17) is 4.74 Å². The Morgan fingerprint density at radius 2 is 1.86 bits per heavy atom. The van der Waals surface area contributed by atoms with Gasteiger partial charge in [0.25, 0.3) is 5.91 Å². The first-order valence-corrected chi connectivity index (χ1v) is 8.82. The van der Waals surface area contributed by atoms with Gasteiger partial charge in [0.15, 0.2) is 0 Å². The van der Waals surface area contributed by atoms with Crippen molar-refractivity contribution >= 4 is 11.8 Å². The van der Waals surface area contributed by atoms with Crippen LogP contribution in [0.3, 0.4) is 0 Å². The maximum Gasteiger partial charge on any atom is 0.254 e. The Hall–Kier alpha value is -3.06. The van der Waals surface area contributed by atoms with E-state index in [2.05, 4.69) is 11.9 Å². The molecule has 7 heteroatoms. The van der Waals surface area contributed by atoms with Crippen LogP contribution in [-0.4, -0.2) is 36.5 Å². The van der Waals surface area contributed by atoms with Crippen LogP contribution in [0.1, 0.15) is 27.5 Å². The van der Waals surface area contributed by atoms with Gasteiger partial charge >= 0.3 is 0 Å². The summed E-state index contributed by atoms with van der Waals surface area (Å²) < 4.78 is 32.7. The molecule has 2 aromatic rings. The second-order valence-electron chi connectivity index (χ2n) is 6.41. The first-order chi connectivity index (χ1) is 13.5. The molecule has 1 heterocycles. The molecule has 0 bridgehead atoms. The summed E-state index contributed by atoms with van der Waals surface area (Å²) in [5.74, 6) is -1.92. The second kappa shape index (κ2) is 8.75. The van der Waals surface area contributed by atoms with Gasteiger partial charge in [0.1, 0.15) is 11.6 Å². The number of carbonyl (C=O) groups is 2. The molecule has 28 heavy (non-hydrogen) atoms. The van der Waals surface area contributed by atoms with E-state index < -0.39 is 17.7 Å². The minimum atomic E-state index is -0.695. The molecule has 1 N–H and O–H groups in total. The van der Waals surface area contributed by atoms with Crippen LogP contribution < -0.4 is 5.32 Å². The number of hydrogen-bond donors (Lipinski definition) is 1. The van der Waals surface area contributed by atoms with Gasteiger partial charge in [0.2, 0.25) is 5.91 Å². The maximum atomic E-state index is 13.6. The lowest BCUT2D eigenvalue weighted by Gasteiger charge is -2.36. The van der Waals surface area contributed by atoms with Gasteiger partial charge in [0.05, 0.1) is 19.3 Å². The minimum Gasteiger partial charge on any atom is -0.377 e. The topological polar surface area (TPSA) is 58.6 Å². The van der Waals surface area contributed by atoms with Gasteiger partial charge in [0, 0.05) is 24.7 Å². The molecule has 2 aromatic carbocycles. The highest BCUT2D eigenvalue weighted by atomic mass is 19.1. The molecule has 1 atom stereocenters. The molecule has 1 unspecified atom stereocenters. The number of hydrogen-bond acceptors (Lipinski definition) is 3. The van der Waals surface area contributed by atoms with Crippen LogP contribution in [0.2, 0.25) is 0 Å². The van der Waals surface area contributed by atoms with Crippen molar-refractivity contribution in [1.29, 1.82) is 0 Å². The summed E-state index contributed by atoms with van der Waals surface area (Å²) >= 11 is 0. The van der Waals surface area contributed by atoms with Gasteiger partial charge in [-0.05, 0) is 41.5 Å². The molecule has 3 rings (SSSR count). The van der Waals surface area contributed by atoms with Crippen molar-refractivity contribution < 1.29 is 23.1 Å². The molecule has 1 fully saturated rings. The first-order valence-electron chi connectivity index (χ1n) is 8.82. The summed E-state index contributed by atoms with van der Waals surface area (Å²) in [6.07, 6.45) is 1.19. The maximum absolute atomic E-state index is 13.6. The van der Waals surface area contributed by atoms with Crippen LogP contribution in [0, 0.1) is 11.6 Å². The molecule has 0 radical (unpaired) electrons. The van der Waals surface area contributed by atoms with Gasteiger partial charge < -0.3 is 15.0 Å².